The second kappa shape index (κ2) is 7.59. The number of carbonyl (C=O) groups excluding carboxylic acids is 3. The van der Waals surface area contributed by atoms with Crippen LogP contribution in [0.2, 0.25) is 0 Å². The van der Waals surface area contributed by atoms with Crippen LogP contribution in [-0.2, 0) is 22.6 Å². The summed E-state index contributed by atoms with van der Waals surface area (Å²) in [5.41, 5.74) is 3.12. The van der Waals surface area contributed by atoms with Crippen LogP contribution in [0.4, 0.5) is 10.5 Å². The van der Waals surface area contributed by atoms with Crippen LogP contribution in [0.3, 0.4) is 0 Å². The molecule has 0 bridgehead atoms. The maximum atomic E-state index is 13.2. The summed E-state index contributed by atoms with van der Waals surface area (Å²) in [4.78, 5) is 42.1. The van der Waals surface area contributed by atoms with Gasteiger partial charge in [0.05, 0.1) is 11.6 Å². The van der Waals surface area contributed by atoms with Crippen LogP contribution in [0.5, 0.6) is 0 Å². The predicted octanol–water partition coefficient (Wildman–Crippen LogP) is 3.11. The molecule has 154 valence electrons. The number of nitrogens with zero attached hydrogens (tertiary/aromatic N) is 2. The van der Waals surface area contributed by atoms with Crippen molar-refractivity contribution in [2.75, 3.05) is 11.4 Å². The topological polar surface area (TPSA) is 69.7 Å². The Hall–Kier alpha value is -3.15. The Balaban J connectivity index is 1.28. The maximum absolute atomic E-state index is 13.2. The van der Waals surface area contributed by atoms with E-state index in [0.717, 1.165) is 13.0 Å². The number of rotatable bonds is 2. The Kier molecular flexibility index (Phi) is 4.77. The molecular weight excluding hydrogens is 378 g/mol. The fraction of sp³-hybridized carbons (Fsp3) is 0.375. The lowest BCUT2D eigenvalue weighted by Gasteiger charge is -2.43. The first-order valence-corrected chi connectivity index (χ1v) is 10.7. The van der Waals surface area contributed by atoms with Crippen LogP contribution in [0.15, 0.2) is 54.6 Å². The van der Waals surface area contributed by atoms with Gasteiger partial charge in [-0.1, -0.05) is 42.5 Å². The number of imide groups is 1. The summed E-state index contributed by atoms with van der Waals surface area (Å²) in [5.74, 6) is -0.426. The first kappa shape index (κ1) is 18.9. The van der Waals surface area contributed by atoms with Gasteiger partial charge in [0.1, 0.15) is 0 Å². The third-order valence-corrected chi connectivity index (χ3v) is 6.71. The normalized spacial score (nSPS) is 25.9. The lowest BCUT2D eigenvalue weighted by atomic mass is 9.76. The number of amides is 4. The summed E-state index contributed by atoms with van der Waals surface area (Å²) in [6, 6.07) is 16.6. The number of hydrogen-bond acceptors (Lipinski definition) is 3. The summed E-state index contributed by atoms with van der Waals surface area (Å²) in [6.45, 7) is 1.38. The Morgan fingerprint density at radius 1 is 0.933 bits per heavy atom. The average Bonchev–Trinajstić information content (AvgIpc) is 2.78. The molecule has 0 aromatic heterocycles. The highest BCUT2D eigenvalue weighted by molar-refractivity contribution is 6.17. The van der Waals surface area contributed by atoms with Gasteiger partial charge in [-0.05, 0) is 48.9 Å². The quantitative estimate of drug-likeness (QED) is 0.838. The van der Waals surface area contributed by atoms with Gasteiger partial charge in [0.25, 0.3) is 0 Å². The summed E-state index contributed by atoms with van der Waals surface area (Å²) in [7, 11) is 0. The molecular formula is C24H25N3O3. The van der Waals surface area contributed by atoms with E-state index in [2.05, 4.69) is 17.4 Å². The highest BCUT2D eigenvalue weighted by Crippen LogP contribution is 2.36. The molecule has 2 fully saturated rings. The zero-order chi connectivity index (χ0) is 20.7. The Bertz CT molecular complexity index is 990. The van der Waals surface area contributed by atoms with Gasteiger partial charge in [0.2, 0.25) is 11.8 Å². The smallest absolute Gasteiger partial charge is 0.328 e. The molecule has 6 heteroatoms. The minimum atomic E-state index is -0.396. The number of fused-ring (bicyclic) bond motifs is 2. The third kappa shape index (κ3) is 3.26. The van der Waals surface area contributed by atoms with E-state index in [1.165, 1.54) is 16.0 Å². The summed E-state index contributed by atoms with van der Waals surface area (Å²) < 4.78 is 0. The Labute approximate surface area is 175 Å². The largest absolute Gasteiger partial charge is 0.338 e. The zero-order valence-electron chi connectivity index (χ0n) is 16.8. The van der Waals surface area contributed by atoms with E-state index in [9.17, 15) is 14.4 Å². The van der Waals surface area contributed by atoms with Gasteiger partial charge in [0, 0.05) is 25.0 Å². The molecule has 0 radical (unpaired) electrons. The van der Waals surface area contributed by atoms with Crippen molar-refractivity contribution in [3.8, 4) is 0 Å². The number of benzene rings is 2. The molecule has 5 rings (SSSR count). The van der Waals surface area contributed by atoms with Crippen LogP contribution in [0, 0.1) is 11.8 Å². The molecule has 30 heavy (non-hydrogen) atoms. The van der Waals surface area contributed by atoms with Gasteiger partial charge in [-0.2, -0.15) is 0 Å². The van der Waals surface area contributed by atoms with Crippen LogP contribution in [-0.4, -0.2) is 35.3 Å². The first-order chi connectivity index (χ1) is 14.6. The molecule has 2 aliphatic heterocycles. The van der Waals surface area contributed by atoms with Gasteiger partial charge in [-0.3, -0.25) is 9.59 Å². The first-order valence-electron chi connectivity index (χ1n) is 10.7. The molecule has 3 aliphatic rings. The fourth-order valence-corrected chi connectivity index (χ4v) is 5.10. The molecule has 2 aromatic carbocycles. The lowest BCUT2D eigenvalue weighted by Crippen LogP contribution is -2.62. The molecule has 3 atom stereocenters. The molecule has 0 spiro atoms. The van der Waals surface area contributed by atoms with E-state index in [-0.39, 0.29) is 29.7 Å². The van der Waals surface area contributed by atoms with Gasteiger partial charge in [0.15, 0.2) is 0 Å². The molecule has 3 unspecified atom stereocenters. The fourth-order valence-electron chi connectivity index (χ4n) is 5.10. The van der Waals surface area contributed by atoms with E-state index in [1.54, 1.807) is 12.1 Å². The van der Waals surface area contributed by atoms with Gasteiger partial charge < -0.3 is 10.2 Å². The van der Waals surface area contributed by atoms with E-state index in [0.29, 0.717) is 31.5 Å². The minimum absolute atomic E-state index is 0.145. The number of anilines is 1. The summed E-state index contributed by atoms with van der Waals surface area (Å²) in [6.07, 6.45) is 2.71. The SMILES string of the molecule is O=C(C1CCC2C(=O)N(c3ccccc3)C(=O)NC2C1)N1CCc2ccccc2C1. The standard InChI is InChI=1S/C24H25N3O3/c28-22(26-13-12-16-6-4-5-7-18(16)15-26)17-10-11-20-21(14-17)25-24(30)27(23(20)29)19-8-2-1-3-9-19/h1-9,17,20-21H,10-15H2,(H,25,30). The Morgan fingerprint density at radius 2 is 1.67 bits per heavy atom. The molecule has 2 aromatic rings. The molecule has 2 heterocycles. The average molecular weight is 403 g/mol. The number of carbonyl (C=O) groups is 3. The second-order valence-electron chi connectivity index (χ2n) is 8.46. The van der Waals surface area contributed by atoms with Crippen molar-refractivity contribution in [2.24, 2.45) is 11.8 Å². The number of hydrogen-bond donors (Lipinski definition) is 1. The molecule has 1 aliphatic carbocycles. The molecule has 6 nitrogen and oxygen atoms in total. The third-order valence-electron chi connectivity index (χ3n) is 6.71. The van der Waals surface area contributed by atoms with Crippen LogP contribution in [0.25, 0.3) is 0 Å². The molecule has 4 amide bonds. The zero-order valence-corrected chi connectivity index (χ0v) is 16.8. The minimum Gasteiger partial charge on any atom is -0.338 e. The van der Waals surface area contributed by atoms with Crippen LogP contribution < -0.4 is 10.2 Å². The van der Waals surface area contributed by atoms with E-state index < -0.39 is 6.03 Å². The van der Waals surface area contributed by atoms with Crippen molar-refractivity contribution in [3.05, 3.63) is 65.7 Å². The second-order valence-corrected chi connectivity index (χ2v) is 8.46. The van der Waals surface area contributed by atoms with Crippen LogP contribution in [0.1, 0.15) is 30.4 Å². The lowest BCUT2D eigenvalue weighted by molar-refractivity contribution is -0.139. The highest BCUT2D eigenvalue weighted by Gasteiger charge is 2.46. The van der Waals surface area contributed by atoms with E-state index in [1.807, 2.05) is 35.2 Å². The van der Waals surface area contributed by atoms with Crippen molar-refractivity contribution >= 4 is 23.5 Å². The number of nitrogens with one attached hydrogen (secondary N) is 1. The van der Waals surface area contributed by atoms with Crippen LogP contribution >= 0.6 is 0 Å². The van der Waals surface area contributed by atoms with Crippen molar-refractivity contribution < 1.29 is 14.4 Å². The number of urea groups is 1. The van der Waals surface area contributed by atoms with E-state index in [4.69, 9.17) is 0 Å². The summed E-state index contributed by atoms with van der Waals surface area (Å²) in [5, 5.41) is 3.00. The Morgan fingerprint density at radius 3 is 2.47 bits per heavy atom. The van der Waals surface area contributed by atoms with Gasteiger partial charge in [-0.25, -0.2) is 9.69 Å². The van der Waals surface area contributed by atoms with Crippen molar-refractivity contribution in [2.45, 2.75) is 38.3 Å². The van der Waals surface area contributed by atoms with Gasteiger partial charge >= 0.3 is 6.03 Å². The van der Waals surface area contributed by atoms with E-state index >= 15 is 0 Å². The predicted molar refractivity (Wildman–Crippen MR) is 113 cm³/mol. The molecule has 1 saturated heterocycles. The van der Waals surface area contributed by atoms with Gasteiger partial charge in [-0.15, -0.1) is 0 Å². The molecule has 1 N–H and O–H groups in total. The monoisotopic (exact) mass is 403 g/mol. The van der Waals surface area contributed by atoms with Crippen molar-refractivity contribution in [1.29, 1.82) is 0 Å². The number of para-hydroxylation sites is 1. The maximum Gasteiger partial charge on any atom is 0.328 e. The van der Waals surface area contributed by atoms with Crippen molar-refractivity contribution in [1.82, 2.24) is 10.2 Å². The highest BCUT2D eigenvalue weighted by atomic mass is 16.2. The summed E-state index contributed by atoms with van der Waals surface area (Å²) >= 11 is 0. The molecule has 1 saturated carbocycles. The van der Waals surface area contributed by atoms with Crippen molar-refractivity contribution in [3.63, 3.8) is 0 Å².